The molecule has 1 aromatic rings. The molecule has 1 aromatic carbocycles. The van der Waals surface area contributed by atoms with Crippen molar-refractivity contribution in [1.82, 2.24) is 15.1 Å². The van der Waals surface area contributed by atoms with Crippen LogP contribution in [0.4, 0.5) is 4.79 Å². The summed E-state index contributed by atoms with van der Waals surface area (Å²) in [6, 6.07) is 4.05. The normalized spacial score (nSPS) is 15.6. The van der Waals surface area contributed by atoms with Gasteiger partial charge in [0.1, 0.15) is 5.75 Å². The van der Waals surface area contributed by atoms with Gasteiger partial charge in [-0.3, -0.25) is 4.90 Å². The highest BCUT2D eigenvalue weighted by molar-refractivity contribution is 5.74. The molecule has 6 heteroatoms. The molecular weight excluding hydrogens is 292 g/mol. The van der Waals surface area contributed by atoms with Crippen LogP contribution in [0.2, 0.25) is 0 Å². The number of hydrogen-bond donors (Lipinski definition) is 2. The monoisotopic (exact) mass is 320 g/mol. The lowest BCUT2D eigenvalue weighted by Crippen LogP contribution is -2.52. The van der Waals surface area contributed by atoms with Gasteiger partial charge in [-0.05, 0) is 37.5 Å². The predicted molar refractivity (Wildman–Crippen MR) is 91.7 cm³/mol. The van der Waals surface area contributed by atoms with E-state index in [1.807, 2.05) is 24.8 Å². The van der Waals surface area contributed by atoms with Gasteiger partial charge in [0, 0.05) is 39.3 Å². The van der Waals surface area contributed by atoms with Gasteiger partial charge in [-0.1, -0.05) is 12.1 Å². The first-order chi connectivity index (χ1) is 11.0. The molecule has 23 heavy (non-hydrogen) atoms. The van der Waals surface area contributed by atoms with Crippen LogP contribution in [0, 0.1) is 20.8 Å². The van der Waals surface area contributed by atoms with E-state index in [2.05, 4.69) is 23.2 Å². The van der Waals surface area contributed by atoms with Crippen LogP contribution in [0.3, 0.4) is 0 Å². The van der Waals surface area contributed by atoms with Gasteiger partial charge in [0.2, 0.25) is 0 Å². The number of benzene rings is 1. The van der Waals surface area contributed by atoms with Crippen LogP contribution in [0.25, 0.3) is 0 Å². The topological polar surface area (TPSA) is 70.8 Å². The molecule has 1 aliphatic rings. The van der Waals surface area contributed by atoms with Crippen LogP contribution < -0.4 is 15.8 Å². The molecule has 1 aliphatic heterocycles. The van der Waals surface area contributed by atoms with Crippen molar-refractivity contribution in [3.63, 3.8) is 0 Å². The number of nitrogens with zero attached hydrogens (tertiary/aromatic N) is 2. The zero-order chi connectivity index (χ0) is 16.8. The second-order valence-electron chi connectivity index (χ2n) is 6.04. The van der Waals surface area contributed by atoms with Crippen molar-refractivity contribution in [3.8, 4) is 5.75 Å². The molecule has 0 saturated carbocycles. The van der Waals surface area contributed by atoms with Gasteiger partial charge in [0.15, 0.2) is 6.73 Å². The standard InChI is InChI=1S/C17H28N4O2/c1-13-4-5-14(2)16(15(13)3)23-12-19-17(22)21-10-8-20(7-6-18)9-11-21/h4-5H,6-12,18H2,1-3H3,(H,19,22). The minimum atomic E-state index is -0.0691. The van der Waals surface area contributed by atoms with E-state index in [0.717, 1.165) is 49.6 Å². The highest BCUT2D eigenvalue weighted by Crippen LogP contribution is 2.25. The van der Waals surface area contributed by atoms with Crippen LogP contribution in [0.1, 0.15) is 16.7 Å². The zero-order valence-corrected chi connectivity index (χ0v) is 14.4. The van der Waals surface area contributed by atoms with Crippen molar-refractivity contribution >= 4 is 6.03 Å². The summed E-state index contributed by atoms with van der Waals surface area (Å²) >= 11 is 0. The van der Waals surface area contributed by atoms with Crippen LogP contribution in [0.5, 0.6) is 5.75 Å². The Hall–Kier alpha value is -1.79. The summed E-state index contributed by atoms with van der Waals surface area (Å²) < 4.78 is 5.78. The molecule has 0 radical (unpaired) electrons. The lowest BCUT2D eigenvalue weighted by Gasteiger charge is -2.34. The number of carbonyl (C=O) groups excluding carboxylic acids is 1. The molecule has 128 valence electrons. The second-order valence-corrected chi connectivity index (χ2v) is 6.04. The molecule has 0 unspecified atom stereocenters. The molecule has 6 nitrogen and oxygen atoms in total. The highest BCUT2D eigenvalue weighted by atomic mass is 16.5. The number of urea groups is 1. The maximum absolute atomic E-state index is 12.2. The highest BCUT2D eigenvalue weighted by Gasteiger charge is 2.20. The average molecular weight is 320 g/mol. The molecule has 1 saturated heterocycles. The molecule has 1 fully saturated rings. The fourth-order valence-corrected chi connectivity index (χ4v) is 2.79. The lowest BCUT2D eigenvalue weighted by molar-refractivity contribution is 0.135. The number of nitrogens with two attached hydrogens (primary N) is 1. The minimum Gasteiger partial charge on any atom is -0.473 e. The Labute approximate surface area is 138 Å². The average Bonchev–Trinajstić information content (AvgIpc) is 2.55. The third kappa shape index (κ3) is 4.59. The third-order valence-electron chi connectivity index (χ3n) is 4.42. The Bertz CT molecular complexity index is 540. The Balaban J connectivity index is 1.79. The first-order valence-corrected chi connectivity index (χ1v) is 8.17. The van der Waals surface area contributed by atoms with Crippen molar-refractivity contribution in [3.05, 3.63) is 28.8 Å². The van der Waals surface area contributed by atoms with Crippen molar-refractivity contribution < 1.29 is 9.53 Å². The van der Waals surface area contributed by atoms with E-state index in [1.54, 1.807) is 0 Å². The second kappa shape index (κ2) is 8.17. The molecular formula is C17H28N4O2. The SMILES string of the molecule is Cc1ccc(C)c(OCNC(=O)N2CCN(CCN)CC2)c1C. The van der Waals surface area contributed by atoms with Gasteiger partial charge in [-0.15, -0.1) is 0 Å². The fraction of sp³-hybridized carbons (Fsp3) is 0.588. The summed E-state index contributed by atoms with van der Waals surface area (Å²) in [5, 5.41) is 2.84. The number of rotatable bonds is 5. The molecule has 0 bridgehead atoms. The van der Waals surface area contributed by atoms with Gasteiger partial charge < -0.3 is 20.7 Å². The van der Waals surface area contributed by atoms with Crippen LogP contribution in [0.15, 0.2) is 12.1 Å². The van der Waals surface area contributed by atoms with Gasteiger partial charge >= 0.3 is 6.03 Å². The first kappa shape index (κ1) is 17.6. The largest absolute Gasteiger partial charge is 0.473 e. The van der Waals surface area contributed by atoms with Crippen LogP contribution in [-0.2, 0) is 0 Å². The van der Waals surface area contributed by atoms with Crippen molar-refractivity contribution in [1.29, 1.82) is 0 Å². The molecule has 1 heterocycles. The molecule has 0 spiro atoms. The summed E-state index contributed by atoms with van der Waals surface area (Å²) in [7, 11) is 0. The van der Waals surface area contributed by atoms with E-state index < -0.39 is 0 Å². The number of amides is 2. The molecule has 0 aromatic heterocycles. The molecule has 2 rings (SSSR count). The Morgan fingerprint density at radius 2 is 1.83 bits per heavy atom. The number of piperazine rings is 1. The number of nitrogens with one attached hydrogen (secondary N) is 1. The Kier molecular flexibility index (Phi) is 6.24. The summed E-state index contributed by atoms with van der Waals surface area (Å²) in [6.07, 6.45) is 0. The van der Waals surface area contributed by atoms with E-state index in [1.165, 1.54) is 5.56 Å². The zero-order valence-electron chi connectivity index (χ0n) is 14.4. The molecule has 3 N–H and O–H groups in total. The van der Waals surface area contributed by atoms with E-state index in [-0.39, 0.29) is 12.8 Å². The number of hydrogen-bond acceptors (Lipinski definition) is 4. The quantitative estimate of drug-likeness (QED) is 0.801. The van der Waals surface area contributed by atoms with Gasteiger partial charge in [-0.2, -0.15) is 0 Å². The molecule has 0 atom stereocenters. The van der Waals surface area contributed by atoms with Gasteiger partial charge in [0.05, 0.1) is 0 Å². The first-order valence-electron chi connectivity index (χ1n) is 8.17. The maximum atomic E-state index is 12.2. The summed E-state index contributed by atoms with van der Waals surface area (Å²) in [5.74, 6) is 0.859. The van der Waals surface area contributed by atoms with E-state index in [4.69, 9.17) is 10.5 Å². The number of aryl methyl sites for hydroxylation is 2. The lowest BCUT2D eigenvalue weighted by atomic mass is 10.1. The Morgan fingerprint density at radius 1 is 1.17 bits per heavy atom. The predicted octanol–water partition coefficient (Wildman–Crippen LogP) is 1.23. The summed E-state index contributed by atoms with van der Waals surface area (Å²) in [6.45, 7) is 11.1. The van der Waals surface area contributed by atoms with Crippen molar-refractivity contribution in [2.45, 2.75) is 20.8 Å². The smallest absolute Gasteiger partial charge is 0.320 e. The van der Waals surface area contributed by atoms with E-state index in [9.17, 15) is 4.79 Å². The van der Waals surface area contributed by atoms with E-state index >= 15 is 0 Å². The number of ether oxygens (including phenoxy) is 1. The van der Waals surface area contributed by atoms with Gasteiger partial charge in [-0.25, -0.2) is 4.79 Å². The van der Waals surface area contributed by atoms with Crippen LogP contribution in [-0.4, -0.2) is 61.8 Å². The van der Waals surface area contributed by atoms with Crippen molar-refractivity contribution in [2.24, 2.45) is 5.73 Å². The van der Waals surface area contributed by atoms with E-state index in [0.29, 0.717) is 6.54 Å². The van der Waals surface area contributed by atoms with Gasteiger partial charge in [0.25, 0.3) is 0 Å². The summed E-state index contributed by atoms with van der Waals surface area (Å²) in [4.78, 5) is 16.3. The maximum Gasteiger partial charge on any atom is 0.320 e. The Morgan fingerprint density at radius 3 is 2.48 bits per heavy atom. The fourth-order valence-electron chi connectivity index (χ4n) is 2.79. The number of carbonyl (C=O) groups is 1. The molecule has 0 aliphatic carbocycles. The summed E-state index contributed by atoms with van der Waals surface area (Å²) in [5.41, 5.74) is 8.95. The third-order valence-corrected chi connectivity index (χ3v) is 4.42. The molecule has 2 amide bonds. The van der Waals surface area contributed by atoms with Crippen molar-refractivity contribution in [2.75, 3.05) is 46.0 Å². The minimum absolute atomic E-state index is 0.0691. The van der Waals surface area contributed by atoms with Crippen LogP contribution >= 0.6 is 0 Å².